The van der Waals surface area contributed by atoms with Gasteiger partial charge in [-0.2, -0.15) is 0 Å². The van der Waals surface area contributed by atoms with E-state index in [4.69, 9.17) is 23.7 Å². The summed E-state index contributed by atoms with van der Waals surface area (Å²) < 4.78 is 0. The summed E-state index contributed by atoms with van der Waals surface area (Å²) >= 11 is 6.76. The number of nitrogens with zero attached hydrogens (tertiary/aromatic N) is 5. The van der Waals surface area contributed by atoms with Gasteiger partial charge in [0.15, 0.2) is 0 Å². The lowest BCUT2D eigenvalue weighted by Gasteiger charge is -2.23. The molecule has 0 spiro atoms. The Labute approximate surface area is 248 Å². The number of hydrogen-bond donors (Lipinski definition) is 0. The normalized spacial score (nSPS) is 16.5. The molecule has 0 radical (unpaired) electrons. The maximum Gasteiger partial charge on any atom is 0.350 e. The van der Waals surface area contributed by atoms with Crippen molar-refractivity contribution in [3.63, 3.8) is 0 Å². The van der Waals surface area contributed by atoms with Gasteiger partial charge in [-0.05, 0) is 64.7 Å². The molecule has 4 heterocycles. The lowest BCUT2D eigenvalue weighted by atomic mass is 9.80. The van der Waals surface area contributed by atoms with Crippen LogP contribution in [0.3, 0.4) is 0 Å². The van der Waals surface area contributed by atoms with Crippen LogP contribution in [0.15, 0.2) is 47.1 Å². The molecule has 0 aliphatic heterocycles. The van der Waals surface area contributed by atoms with Gasteiger partial charge in [0.1, 0.15) is 6.07 Å². The summed E-state index contributed by atoms with van der Waals surface area (Å²) in [6.45, 7) is 23.5. The van der Waals surface area contributed by atoms with Gasteiger partial charge in [-0.15, -0.1) is 34.0 Å². The van der Waals surface area contributed by atoms with Gasteiger partial charge in [0.25, 0.3) is 5.70 Å². The molecule has 0 saturated heterocycles. The highest BCUT2D eigenvalue weighted by Gasteiger charge is 2.52. The zero-order chi connectivity index (χ0) is 28.4. The van der Waals surface area contributed by atoms with Crippen LogP contribution in [0, 0.1) is 35.8 Å². The topological polar surface area (TPSA) is 68.7 Å². The molecule has 0 unspecified atom stereocenters. The smallest absolute Gasteiger partial charge is 0.350 e. The molecule has 4 aromatic rings. The molecule has 0 atom stereocenters. The average molecular weight is 590 g/mol. The molecule has 2 aliphatic carbocycles. The molecule has 2 aliphatic rings. The maximum atomic E-state index is 9.12. The van der Waals surface area contributed by atoms with Gasteiger partial charge in [0, 0.05) is 45.0 Å². The number of fused-ring (bicyclic) bond motifs is 4. The third kappa shape index (κ3) is 3.83. The molecular formula is C31H19N5S4. The molecule has 40 heavy (non-hydrogen) atoms. The first-order valence-electron chi connectivity index (χ1n) is 12.2. The minimum Gasteiger partial charge on any atom is -0.351 e. The van der Waals surface area contributed by atoms with Crippen molar-refractivity contribution in [2.75, 3.05) is 0 Å². The third-order valence-corrected chi connectivity index (χ3v) is 12.1. The monoisotopic (exact) mass is 589 g/mol. The summed E-state index contributed by atoms with van der Waals surface area (Å²) in [5, 5.41) is 18.8. The fourth-order valence-corrected chi connectivity index (χ4v) is 10.5. The molecule has 5 nitrogen and oxygen atoms in total. The predicted molar refractivity (Wildman–Crippen MR) is 168 cm³/mol. The number of amidine groups is 1. The standard InChI is InChI=1S/C31H19N5S4/c1-30(2)18-12-22(20-8-7-17(37-20)11-16(14-32)34-5)39-28(18)26-27(30)29-19(31(26,3)4)13-23(40-29)21-9-10-25(38-21)36-24(15-33)35-6/h7-13H,1-4H3/b16-11+,36-24?. The Balaban J connectivity index is 1.40. The Morgan fingerprint density at radius 2 is 1.35 bits per heavy atom. The Morgan fingerprint density at radius 1 is 0.775 bits per heavy atom. The molecule has 9 heteroatoms. The van der Waals surface area contributed by atoms with E-state index in [0.29, 0.717) is 5.00 Å². The van der Waals surface area contributed by atoms with E-state index < -0.39 is 0 Å². The molecule has 0 saturated carbocycles. The van der Waals surface area contributed by atoms with Gasteiger partial charge in [-0.25, -0.2) is 15.4 Å². The van der Waals surface area contributed by atoms with Gasteiger partial charge in [0.05, 0.1) is 12.6 Å². The van der Waals surface area contributed by atoms with E-state index in [1.54, 1.807) is 17.4 Å². The van der Waals surface area contributed by atoms with Crippen LogP contribution >= 0.6 is 45.3 Å². The second-order valence-corrected chi connectivity index (χ2v) is 14.7. The fraction of sp³-hybridized carbons (Fsp3) is 0.194. The summed E-state index contributed by atoms with van der Waals surface area (Å²) in [4.78, 5) is 18.9. The summed E-state index contributed by atoms with van der Waals surface area (Å²) in [6.07, 6.45) is 1.65. The molecule has 0 fully saturated rings. The highest BCUT2D eigenvalue weighted by atomic mass is 32.1. The van der Waals surface area contributed by atoms with Crippen molar-refractivity contribution in [2.45, 2.75) is 38.5 Å². The number of hydrogen-bond acceptors (Lipinski definition) is 7. The van der Waals surface area contributed by atoms with Crippen LogP contribution in [0.5, 0.6) is 0 Å². The van der Waals surface area contributed by atoms with Crippen LogP contribution in [0.1, 0.15) is 53.5 Å². The number of nitriles is 2. The summed E-state index contributed by atoms with van der Waals surface area (Å²) in [6, 6.07) is 16.4. The molecule has 4 aromatic heterocycles. The van der Waals surface area contributed by atoms with Crippen molar-refractivity contribution in [3.8, 4) is 31.6 Å². The molecule has 0 aromatic carbocycles. The van der Waals surface area contributed by atoms with Crippen molar-refractivity contribution in [1.82, 2.24) is 0 Å². The lowest BCUT2D eigenvalue weighted by molar-refractivity contribution is 0.703. The van der Waals surface area contributed by atoms with Crippen LogP contribution in [0.2, 0.25) is 0 Å². The summed E-state index contributed by atoms with van der Waals surface area (Å²) in [7, 11) is 0. The lowest BCUT2D eigenvalue weighted by Crippen LogP contribution is -2.16. The van der Waals surface area contributed by atoms with Crippen LogP contribution in [-0.2, 0) is 10.8 Å². The Bertz CT molecular complexity index is 1830. The highest BCUT2D eigenvalue weighted by Crippen LogP contribution is 2.67. The average Bonchev–Trinajstić information content (AvgIpc) is 3.75. The Morgan fingerprint density at radius 3 is 1.88 bits per heavy atom. The van der Waals surface area contributed by atoms with E-state index in [-0.39, 0.29) is 22.4 Å². The SMILES string of the molecule is [C-]#[N+]C(C#N)=Nc1ccc(-c2cc3c(s2)C2=C(c4sc(-c5ccc(/C=C(\C#N)[N+]#[C-])s5)cc4C2(C)C)C3(C)C)s1. The highest BCUT2D eigenvalue weighted by molar-refractivity contribution is 7.25. The van der Waals surface area contributed by atoms with Crippen LogP contribution in [-0.4, -0.2) is 5.84 Å². The Hall–Kier alpha value is -4.09. The zero-order valence-corrected chi connectivity index (χ0v) is 25.2. The van der Waals surface area contributed by atoms with E-state index in [2.05, 4.69) is 60.6 Å². The van der Waals surface area contributed by atoms with E-state index in [1.807, 2.05) is 53.0 Å². The van der Waals surface area contributed by atoms with E-state index in [9.17, 15) is 0 Å². The first-order valence-corrected chi connectivity index (χ1v) is 15.5. The van der Waals surface area contributed by atoms with Gasteiger partial charge in [0.2, 0.25) is 5.00 Å². The summed E-state index contributed by atoms with van der Waals surface area (Å²) in [5.41, 5.74) is 5.32. The van der Waals surface area contributed by atoms with Crippen LogP contribution in [0.4, 0.5) is 5.00 Å². The minimum atomic E-state index is -0.152. The van der Waals surface area contributed by atoms with E-state index >= 15 is 0 Å². The minimum absolute atomic E-state index is 0.0954. The molecule has 0 N–H and O–H groups in total. The van der Waals surface area contributed by atoms with Crippen molar-refractivity contribution >= 4 is 73.4 Å². The first kappa shape index (κ1) is 26.1. The summed E-state index contributed by atoms with van der Waals surface area (Å²) in [5.74, 6) is -0.151. The maximum absolute atomic E-state index is 9.12. The number of rotatable bonds is 4. The van der Waals surface area contributed by atoms with E-state index in [0.717, 1.165) is 14.6 Å². The van der Waals surface area contributed by atoms with E-state index in [1.165, 1.54) is 53.1 Å². The Kier molecular flexibility index (Phi) is 6.04. The molecule has 6 rings (SSSR count). The quantitative estimate of drug-likeness (QED) is 0.103. The molecule has 192 valence electrons. The van der Waals surface area contributed by atoms with Gasteiger partial charge < -0.3 is 4.85 Å². The van der Waals surface area contributed by atoms with Crippen LogP contribution < -0.4 is 0 Å². The first-order chi connectivity index (χ1) is 19.1. The largest absolute Gasteiger partial charge is 0.351 e. The third-order valence-electron chi connectivity index (χ3n) is 7.41. The molecule has 0 amide bonds. The second kappa shape index (κ2) is 9.24. The van der Waals surface area contributed by atoms with Crippen molar-refractivity contribution in [3.05, 3.63) is 90.7 Å². The van der Waals surface area contributed by atoms with Crippen molar-refractivity contribution < 1.29 is 0 Å². The van der Waals surface area contributed by atoms with Gasteiger partial charge in [-0.3, -0.25) is 0 Å². The molecule has 0 bridgehead atoms. The van der Waals surface area contributed by atoms with Crippen molar-refractivity contribution in [2.24, 2.45) is 4.99 Å². The molecular weight excluding hydrogens is 571 g/mol. The fourth-order valence-electron chi connectivity index (χ4n) is 5.50. The van der Waals surface area contributed by atoms with Gasteiger partial charge >= 0.3 is 5.84 Å². The predicted octanol–water partition coefficient (Wildman–Crippen LogP) is 10.0. The second-order valence-electron chi connectivity index (χ2n) is 10.5. The zero-order valence-electron chi connectivity index (χ0n) is 21.9. The number of thiophene rings is 4. The van der Waals surface area contributed by atoms with Crippen molar-refractivity contribution in [1.29, 1.82) is 10.5 Å². The number of allylic oxidation sites excluding steroid dienone is 3. The van der Waals surface area contributed by atoms with Crippen LogP contribution in [0.25, 0.3) is 46.4 Å². The van der Waals surface area contributed by atoms with Gasteiger partial charge in [-0.1, -0.05) is 50.6 Å². The number of aliphatic imine (C=N–C) groups is 1.